The Morgan fingerprint density at radius 3 is 2.74 bits per heavy atom. The molecule has 2 aromatic heterocycles. The summed E-state index contributed by atoms with van der Waals surface area (Å²) in [5, 5.41) is 7.33. The van der Waals surface area contributed by atoms with Crippen LogP contribution in [0.1, 0.15) is 35.5 Å². The normalized spacial score (nSPS) is 14.4. The SMILES string of the molecule is Cc1cc(C)n(-c2nc3c(c(=O)n2CC(=O)Nc2ccc4c(c2)OCO4)CCCC3)n1. The van der Waals surface area contributed by atoms with Gasteiger partial charge in [-0.05, 0) is 57.7 Å². The number of nitrogens with one attached hydrogen (secondary N) is 1. The largest absolute Gasteiger partial charge is 0.454 e. The van der Waals surface area contributed by atoms with Gasteiger partial charge in [0.2, 0.25) is 18.6 Å². The molecule has 0 spiro atoms. The van der Waals surface area contributed by atoms with Crippen LogP contribution in [0.2, 0.25) is 0 Å². The number of rotatable bonds is 4. The van der Waals surface area contributed by atoms with Crippen LogP contribution in [0.15, 0.2) is 29.1 Å². The summed E-state index contributed by atoms with van der Waals surface area (Å²) in [5.41, 5.74) is 3.58. The van der Waals surface area contributed by atoms with Crippen molar-refractivity contribution in [1.82, 2.24) is 19.3 Å². The number of hydrogen-bond acceptors (Lipinski definition) is 6. The Kier molecular flexibility index (Phi) is 4.72. The molecule has 0 unspecified atom stereocenters. The lowest BCUT2D eigenvalue weighted by atomic mass is 9.97. The topological polar surface area (TPSA) is 100 Å². The molecule has 0 saturated carbocycles. The van der Waals surface area contributed by atoms with Crippen LogP contribution in [0.5, 0.6) is 11.5 Å². The fraction of sp³-hybridized carbons (Fsp3) is 0.364. The van der Waals surface area contributed by atoms with E-state index in [1.807, 2.05) is 19.9 Å². The number of hydrogen-bond donors (Lipinski definition) is 1. The van der Waals surface area contributed by atoms with Crippen molar-refractivity contribution >= 4 is 11.6 Å². The van der Waals surface area contributed by atoms with Gasteiger partial charge in [0.1, 0.15) is 6.54 Å². The van der Waals surface area contributed by atoms with Crippen LogP contribution in [-0.4, -0.2) is 32.0 Å². The number of carbonyl (C=O) groups excluding carboxylic acids is 1. The van der Waals surface area contributed by atoms with E-state index in [1.54, 1.807) is 22.9 Å². The van der Waals surface area contributed by atoms with Gasteiger partial charge >= 0.3 is 0 Å². The van der Waals surface area contributed by atoms with E-state index in [2.05, 4.69) is 10.4 Å². The molecule has 1 aliphatic heterocycles. The first-order chi connectivity index (χ1) is 15.0. The highest BCUT2D eigenvalue weighted by atomic mass is 16.7. The Bertz CT molecular complexity index is 1240. The smallest absolute Gasteiger partial charge is 0.258 e. The zero-order valence-corrected chi connectivity index (χ0v) is 17.5. The van der Waals surface area contributed by atoms with Gasteiger partial charge in [0.05, 0.1) is 11.4 Å². The van der Waals surface area contributed by atoms with Crippen LogP contribution in [-0.2, 0) is 24.2 Å². The van der Waals surface area contributed by atoms with Gasteiger partial charge in [-0.1, -0.05) is 0 Å². The van der Waals surface area contributed by atoms with Crippen molar-refractivity contribution in [3.05, 3.63) is 57.3 Å². The number of benzene rings is 1. The molecule has 0 radical (unpaired) electrons. The maximum atomic E-state index is 13.3. The van der Waals surface area contributed by atoms with Crippen LogP contribution in [0.4, 0.5) is 5.69 Å². The maximum Gasteiger partial charge on any atom is 0.258 e. The zero-order valence-electron chi connectivity index (χ0n) is 17.5. The number of aromatic nitrogens is 4. The van der Waals surface area contributed by atoms with Crippen molar-refractivity contribution in [3.8, 4) is 17.4 Å². The van der Waals surface area contributed by atoms with E-state index in [0.717, 1.165) is 36.3 Å². The van der Waals surface area contributed by atoms with E-state index in [9.17, 15) is 9.59 Å². The lowest BCUT2D eigenvalue weighted by Crippen LogP contribution is -2.35. The summed E-state index contributed by atoms with van der Waals surface area (Å²) in [6, 6.07) is 7.10. The average molecular weight is 421 g/mol. The molecule has 1 aromatic carbocycles. The first-order valence-corrected chi connectivity index (χ1v) is 10.4. The summed E-state index contributed by atoms with van der Waals surface area (Å²) >= 11 is 0. The molecule has 160 valence electrons. The van der Waals surface area contributed by atoms with E-state index in [0.29, 0.717) is 35.1 Å². The second-order valence-electron chi connectivity index (χ2n) is 7.89. The molecule has 9 nitrogen and oxygen atoms in total. The Morgan fingerprint density at radius 2 is 1.94 bits per heavy atom. The summed E-state index contributed by atoms with van der Waals surface area (Å²) < 4.78 is 13.7. The second kappa shape index (κ2) is 7.57. The third kappa shape index (κ3) is 3.56. The van der Waals surface area contributed by atoms with Crippen molar-refractivity contribution in [2.75, 3.05) is 12.1 Å². The van der Waals surface area contributed by atoms with Crippen LogP contribution in [0.3, 0.4) is 0 Å². The third-order valence-corrected chi connectivity index (χ3v) is 5.58. The number of nitrogens with zero attached hydrogens (tertiary/aromatic N) is 4. The predicted molar refractivity (Wildman–Crippen MR) is 113 cm³/mol. The van der Waals surface area contributed by atoms with Gasteiger partial charge in [0, 0.05) is 23.0 Å². The van der Waals surface area contributed by atoms with Gasteiger partial charge in [-0.25, -0.2) is 9.67 Å². The Balaban J connectivity index is 1.50. The van der Waals surface area contributed by atoms with E-state index < -0.39 is 0 Å². The summed E-state index contributed by atoms with van der Waals surface area (Å²) in [4.78, 5) is 31.0. The standard InChI is InChI=1S/C22H23N5O4/c1-13-9-14(2)27(25-13)22-24-17-6-4-3-5-16(17)21(29)26(22)11-20(28)23-15-7-8-18-19(10-15)31-12-30-18/h7-10H,3-6,11-12H2,1-2H3,(H,23,28). The molecule has 0 fully saturated rings. The molecule has 5 rings (SSSR count). The van der Waals surface area contributed by atoms with Crippen LogP contribution in [0.25, 0.3) is 5.95 Å². The molecule has 31 heavy (non-hydrogen) atoms. The van der Waals surface area contributed by atoms with Gasteiger partial charge in [0.15, 0.2) is 11.5 Å². The van der Waals surface area contributed by atoms with E-state index in [-0.39, 0.29) is 24.8 Å². The van der Waals surface area contributed by atoms with Gasteiger partial charge in [-0.15, -0.1) is 0 Å². The van der Waals surface area contributed by atoms with Gasteiger partial charge in [0.25, 0.3) is 5.56 Å². The van der Waals surface area contributed by atoms with E-state index >= 15 is 0 Å². The predicted octanol–water partition coefficient (Wildman–Crippen LogP) is 2.29. The molecular formula is C22H23N5O4. The van der Waals surface area contributed by atoms with Crippen molar-refractivity contribution in [2.24, 2.45) is 0 Å². The molecule has 3 heterocycles. The first-order valence-electron chi connectivity index (χ1n) is 10.4. The molecule has 3 aromatic rings. The third-order valence-electron chi connectivity index (χ3n) is 5.58. The van der Waals surface area contributed by atoms with E-state index in [1.165, 1.54) is 4.57 Å². The minimum absolute atomic E-state index is 0.162. The highest BCUT2D eigenvalue weighted by molar-refractivity contribution is 5.91. The van der Waals surface area contributed by atoms with E-state index in [4.69, 9.17) is 14.5 Å². The number of amides is 1. The van der Waals surface area contributed by atoms with Gasteiger partial charge < -0.3 is 14.8 Å². The fourth-order valence-electron chi connectivity index (χ4n) is 4.13. The van der Waals surface area contributed by atoms with Crippen molar-refractivity contribution in [3.63, 3.8) is 0 Å². The lowest BCUT2D eigenvalue weighted by molar-refractivity contribution is -0.116. The molecule has 2 aliphatic rings. The lowest BCUT2D eigenvalue weighted by Gasteiger charge is -2.20. The van der Waals surface area contributed by atoms with Gasteiger partial charge in [-0.2, -0.15) is 5.10 Å². The number of aryl methyl sites for hydroxylation is 3. The summed E-state index contributed by atoms with van der Waals surface area (Å²) in [6.45, 7) is 3.79. The molecule has 0 atom stereocenters. The minimum atomic E-state index is -0.332. The molecule has 9 heteroatoms. The van der Waals surface area contributed by atoms with Crippen LogP contribution < -0.4 is 20.3 Å². The highest BCUT2D eigenvalue weighted by Gasteiger charge is 2.23. The van der Waals surface area contributed by atoms with Crippen molar-refractivity contribution in [1.29, 1.82) is 0 Å². The molecule has 1 amide bonds. The molecular weight excluding hydrogens is 398 g/mol. The van der Waals surface area contributed by atoms with Crippen LogP contribution in [0, 0.1) is 13.8 Å². The average Bonchev–Trinajstić information content (AvgIpc) is 3.35. The van der Waals surface area contributed by atoms with Crippen molar-refractivity contribution < 1.29 is 14.3 Å². The number of ether oxygens (including phenoxy) is 2. The Labute approximate surface area is 178 Å². The Hall–Kier alpha value is -3.62. The number of carbonyl (C=O) groups is 1. The molecule has 0 bridgehead atoms. The number of fused-ring (bicyclic) bond motifs is 2. The summed E-state index contributed by atoms with van der Waals surface area (Å²) in [5.74, 6) is 1.26. The monoisotopic (exact) mass is 421 g/mol. The summed E-state index contributed by atoms with van der Waals surface area (Å²) in [6.07, 6.45) is 3.40. The molecule has 1 aliphatic carbocycles. The Morgan fingerprint density at radius 1 is 1.13 bits per heavy atom. The maximum absolute atomic E-state index is 13.3. The first kappa shape index (κ1) is 19.3. The minimum Gasteiger partial charge on any atom is -0.454 e. The van der Waals surface area contributed by atoms with Crippen LogP contribution >= 0.6 is 0 Å². The molecule has 1 N–H and O–H groups in total. The highest BCUT2D eigenvalue weighted by Crippen LogP contribution is 2.34. The summed E-state index contributed by atoms with van der Waals surface area (Å²) in [7, 11) is 0. The van der Waals surface area contributed by atoms with Gasteiger partial charge in [-0.3, -0.25) is 14.2 Å². The quantitative estimate of drug-likeness (QED) is 0.694. The van der Waals surface area contributed by atoms with Crippen molar-refractivity contribution in [2.45, 2.75) is 46.1 Å². The molecule has 0 saturated heterocycles. The fourth-order valence-corrected chi connectivity index (χ4v) is 4.13. The number of anilines is 1. The zero-order chi connectivity index (χ0) is 21.5. The second-order valence-corrected chi connectivity index (χ2v) is 7.89.